The standard InChI is InChI=1S/C43H62O10S.C39H54O8S/c1-29(26-51-41(45)32-15-10-8-11-16-32)23-38-31(3)37(28-54(47,48)35-18-12-9-13-19-35)40(53-38)25-39-36(21-20-33(44)27-49-7)30(2)24-34(52-39)17-14-22-50-42(46)43(4,5)6;1-26(24-45-37(40)30-15-10-8-11-16-30)21-34-29(4)33(25-48(42,43)32-18-12-9-13-19-32)36(47-34)23-35-28(3)27(2)22-31(46-35)17-14-20-44-38(41)39(5,6)7/h8-13,15-16,18-19,29-31,34,36-40H,14,17,20-28H2,1-7H3;8-13,15-16,18-19,26-27,29,31,33-36H,3,14,17,20-25H2,1-2,4-7H3/t29-,30?,31+,34-,36?,37?,38+,39?,40-;26-,27+,29+,31-,33+,34+,35+,36?/m00/s1. The molecule has 17 atom stereocenters. The molecule has 0 spiro atoms. The first-order valence-corrected chi connectivity index (χ1v) is 40.2. The van der Waals surface area contributed by atoms with Gasteiger partial charge in [0.05, 0.1) is 119 Å². The van der Waals surface area contributed by atoms with Crippen LogP contribution in [0, 0.1) is 64.1 Å². The summed E-state index contributed by atoms with van der Waals surface area (Å²) in [6.45, 7) is 29.1. The summed E-state index contributed by atoms with van der Waals surface area (Å²) in [5.74, 6) is -1.49. The largest absolute Gasteiger partial charge is 0.465 e. The van der Waals surface area contributed by atoms with Crippen molar-refractivity contribution < 1.29 is 83.4 Å². The van der Waals surface area contributed by atoms with Crippen molar-refractivity contribution in [3.8, 4) is 0 Å². The molecule has 0 N–H and O–H groups in total. The number of Topliss-reactive ketones (excluding diaryl/α,β-unsaturated/α-hetero) is 1. The van der Waals surface area contributed by atoms with Crippen molar-refractivity contribution in [3.05, 3.63) is 145 Å². The van der Waals surface area contributed by atoms with Crippen LogP contribution < -0.4 is 0 Å². The molecule has 4 fully saturated rings. The molecule has 4 saturated heterocycles. The smallest absolute Gasteiger partial charge is 0.338 e. The Bertz CT molecular complexity index is 3520. The van der Waals surface area contributed by atoms with Crippen LogP contribution in [0.4, 0.5) is 0 Å². The molecular formula is C82H116O18S2. The zero-order valence-electron chi connectivity index (χ0n) is 62.7. The number of hydrogen-bond acceptors (Lipinski definition) is 18. The van der Waals surface area contributed by atoms with Crippen LogP contribution in [-0.4, -0.2) is 147 Å². The lowest BCUT2D eigenvalue weighted by Crippen LogP contribution is -2.43. The number of ketones is 1. The highest BCUT2D eigenvalue weighted by molar-refractivity contribution is 7.91. The molecule has 102 heavy (non-hydrogen) atoms. The number of ether oxygens (including phenoxy) is 9. The summed E-state index contributed by atoms with van der Waals surface area (Å²) >= 11 is 0. The van der Waals surface area contributed by atoms with Gasteiger partial charge in [-0.15, -0.1) is 0 Å². The van der Waals surface area contributed by atoms with E-state index in [2.05, 4.69) is 34.3 Å². The Balaban J connectivity index is 0.000000288. The summed E-state index contributed by atoms with van der Waals surface area (Å²) in [5, 5.41) is 0. The minimum absolute atomic E-state index is 0.00734. The minimum atomic E-state index is -3.64. The van der Waals surface area contributed by atoms with Crippen LogP contribution in [0.3, 0.4) is 0 Å². The van der Waals surface area contributed by atoms with E-state index < -0.39 is 36.6 Å². The SMILES string of the molecule is C=C1[C@H](C)C[C@H](CCCOC(=O)C(C)(C)C)O[C@@H]1CC1O[C@H](C[C@H](C)COC(=O)c2ccccc2)[C@H](C)[C@H]1CS(=O)(=O)c1ccccc1.COCC(=O)CCC1C(C)C[C@H](CCCOC(=O)C(C)(C)C)OC1C[C@@H]1O[C@H](C[C@H](C)COC(=O)c2ccccc2)[C@H](C)C1CS(=O)(=O)c1ccccc1. The predicted octanol–water partition coefficient (Wildman–Crippen LogP) is 15.0. The van der Waals surface area contributed by atoms with Crippen molar-refractivity contribution in [2.75, 3.05) is 51.6 Å². The van der Waals surface area contributed by atoms with Gasteiger partial charge < -0.3 is 42.6 Å². The predicted molar refractivity (Wildman–Crippen MR) is 393 cm³/mol. The number of rotatable bonds is 33. The Kier molecular flexibility index (Phi) is 31.6. The van der Waals surface area contributed by atoms with Gasteiger partial charge in [-0.05, 0) is 195 Å². The molecule has 4 aliphatic rings. The summed E-state index contributed by atoms with van der Waals surface area (Å²) in [4.78, 5) is 62.9. The van der Waals surface area contributed by atoms with E-state index in [0.717, 1.165) is 24.8 Å². The summed E-state index contributed by atoms with van der Waals surface area (Å²) in [7, 11) is -5.70. The van der Waals surface area contributed by atoms with E-state index in [9.17, 15) is 40.8 Å². The Morgan fingerprint density at radius 2 is 0.912 bits per heavy atom. The van der Waals surface area contributed by atoms with Gasteiger partial charge in [0.25, 0.3) is 0 Å². The highest BCUT2D eigenvalue weighted by Gasteiger charge is 2.49. The molecule has 0 radical (unpaired) electrons. The van der Waals surface area contributed by atoms with Gasteiger partial charge in [-0.1, -0.05) is 121 Å². The normalized spacial score (nSPS) is 26.8. The van der Waals surface area contributed by atoms with E-state index in [1.165, 1.54) is 7.11 Å². The first kappa shape index (κ1) is 83.1. The molecule has 4 aromatic carbocycles. The maximum Gasteiger partial charge on any atom is 0.338 e. The number of benzene rings is 4. The third-order valence-electron chi connectivity index (χ3n) is 20.7. The maximum atomic E-state index is 13.8. The van der Waals surface area contributed by atoms with Crippen LogP contribution in [0.1, 0.15) is 181 Å². The maximum absolute atomic E-state index is 13.8. The second-order valence-corrected chi connectivity index (χ2v) is 35.5. The highest BCUT2D eigenvalue weighted by atomic mass is 32.2. The molecular weight excluding hydrogens is 1340 g/mol. The third-order valence-corrected chi connectivity index (χ3v) is 24.4. The molecule has 4 aliphatic heterocycles. The lowest BCUT2D eigenvalue weighted by atomic mass is 9.75. The van der Waals surface area contributed by atoms with Gasteiger partial charge in [0.15, 0.2) is 25.5 Å². The van der Waals surface area contributed by atoms with E-state index in [-0.39, 0.29) is 162 Å². The van der Waals surface area contributed by atoms with Crippen LogP contribution in [0.15, 0.2) is 143 Å². The lowest BCUT2D eigenvalue weighted by Gasteiger charge is -2.42. The fraction of sp³-hybridized carbons (Fsp3) is 0.622. The van der Waals surface area contributed by atoms with E-state index in [1.54, 1.807) is 103 Å². The zero-order valence-corrected chi connectivity index (χ0v) is 64.3. The van der Waals surface area contributed by atoms with E-state index in [4.69, 9.17) is 42.6 Å². The van der Waals surface area contributed by atoms with Crippen LogP contribution in [0.25, 0.3) is 0 Å². The van der Waals surface area contributed by atoms with E-state index in [0.29, 0.717) is 87.0 Å². The number of esters is 4. The van der Waals surface area contributed by atoms with E-state index in [1.807, 2.05) is 73.6 Å². The van der Waals surface area contributed by atoms with Gasteiger partial charge in [-0.2, -0.15) is 0 Å². The number of sulfone groups is 2. The fourth-order valence-corrected chi connectivity index (χ4v) is 18.1. The van der Waals surface area contributed by atoms with Crippen molar-refractivity contribution >= 4 is 49.3 Å². The first-order chi connectivity index (χ1) is 48.2. The number of carbonyl (C=O) groups excluding carboxylic acids is 5. The summed E-state index contributed by atoms with van der Waals surface area (Å²) < 4.78 is 109. The van der Waals surface area contributed by atoms with Crippen molar-refractivity contribution in [1.29, 1.82) is 0 Å². The third kappa shape index (κ3) is 25.0. The average molecular weight is 1450 g/mol. The molecule has 564 valence electrons. The fourth-order valence-electron chi connectivity index (χ4n) is 14.5. The average Bonchev–Trinajstić information content (AvgIpc) is 1.62. The quantitative estimate of drug-likeness (QED) is 0.0186. The summed E-state index contributed by atoms with van der Waals surface area (Å²) in [6, 6.07) is 34.9. The van der Waals surface area contributed by atoms with Crippen LogP contribution in [0.2, 0.25) is 0 Å². The monoisotopic (exact) mass is 1450 g/mol. The van der Waals surface area contributed by atoms with Crippen molar-refractivity contribution in [2.24, 2.45) is 64.1 Å². The highest BCUT2D eigenvalue weighted by Crippen LogP contribution is 2.46. The molecule has 0 aliphatic carbocycles. The molecule has 5 unspecified atom stereocenters. The Morgan fingerprint density at radius 1 is 0.510 bits per heavy atom. The zero-order chi connectivity index (χ0) is 74.5. The van der Waals surface area contributed by atoms with Crippen LogP contribution in [-0.2, 0) is 76.7 Å². The number of carbonyl (C=O) groups is 5. The second kappa shape index (κ2) is 38.8. The van der Waals surface area contributed by atoms with Crippen LogP contribution >= 0.6 is 0 Å². The van der Waals surface area contributed by atoms with Crippen LogP contribution in [0.5, 0.6) is 0 Å². The van der Waals surface area contributed by atoms with Gasteiger partial charge in [-0.25, -0.2) is 26.4 Å². The molecule has 8 rings (SSSR count). The molecule has 0 bridgehead atoms. The summed E-state index contributed by atoms with van der Waals surface area (Å²) in [6.07, 6.45) is 5.77. The van der Waals surface area contributed by atoms with Gasteiger partial charge in [-0.3, -0.25) is 14.4 Å². The minimum Gasteiger partial charge on any atom is -0.465 e. The van der Waals surface area contributed by atoms with Gasteiger partial charge in [0.1, 0.15) is 6.61 Å². The molecule has 0 amide bonds. The Morgan fingerprint density at radius 3 is 1.33 bits per heavy atom. The molecule has 18 nitrogen and oxygen atoms in total. The molecule has 0 aromatic heterocycles. The number of methoxy groups -OCH3 is 1. The van der Waals surface area contributed by atoms with Crippen molar-refractivity contribution in [2.45, 2.75) is 219 Å². The first-order valence-electron chi connectivity index (χ1n) is 36.9. The van der Waals surface area contributed by atoms with Gasteiger partial charge in [0, 0.05) is 38.2 Å². The van der Waals surface area contributed by atoms with E-state index >= 15 is 0 Å². The lowest BCUT2D eigenvalue weighted by molar-refractivity contribution is -0.154. The molecule has 4 heterocycles. The van der Waals surface area contributed by atoms with Crippen molar-refractivity contribution in [1.82, 2.24) is 0 Å². The Hall–Kier alpha value is -6.13. The van der Waals surface area contributed by atoms with Crippen molar-refractivity contribution in [3.63, 3.8) is 0 Å². The topological polar surface area (TPSA) is 237 Å². The Labute approximate surface area is 608 Å². The summed E-state index contributed by atoms with van der Waals surface area (Å²) in [5.41, 5.74) is 0.887. The van der Waals surface area contributed by atoms with Gasteiger partial charge in [0.2, 0.25) is 0 Å². The molecule has 20 heteroatoms. The molecule has 4 aromatic rings. The molecule has 0 saturated carbocycles. The second-order valence-electron chi connectivity index (χ2n) is 31.4. The number of hydrogen-bond donors (Lipinski definition) is 0. The van der Waals surface area contributed by atoms with Gasteiger partial charge >= 0.3 is 23.9 Å².